The average molecular weight is 254 g/mol. The van der Waals surface area contributed by atoms with Crippen LogP contribution < -0.4 is 4.74 Å². The molecule has 2 aromatic carbocycles. The molecule has 1 heterocycles. The number of ether oxygens (including phenoxy) is 1. The van der Waals surface area contributed by atoms with Crippen LogP contribution in [0.3, 0.4) is 0 Å². The van der Waals surface area contributed by atoms with Crippen LogP contribution in [0.1, 0.15) is 40.4 Å². The predicted octanol–water partition coefficient (Wildman–Crippen LogP) is 3.44. The van der Waals surface area contributed by atoms with Gasteiger partial charge in [-0.2, -0.15) is 0 Å². The van der Waals surface area contributed by atoms with E-state index in [0.29, 0.717) is 5.56 Å². The van der Waals surface area contributed by atoms with Gasteiger partial charge in [-0.05, 0) is 35.9 Å². The predicted molar refractivity (Wildman–Crippen MR) is 71.7 cm³/mol. The molecule has 0 saturated carbocycles. The van der Waals surface area contributed by atoms with Crippen LogP contribution in [0.2, 0.25) is 0 Å². The summed E-state index contributed by atoms with van der Waals surface area (Å²) in [6, 6.07) is 12.5. The van der Waals surface area contributed by atoms with Gasteiger partial charge in [-0.25, -0.2) is 0 Å². The number of benzene rings is 2. The minimum absolute atomic E-state index is 0.0718. The van der Waals surface area contributed by atoms with Gasteiger partial charge in [-0.1, -0.05) is 19.1 Å². The summed E-state index contributed by atoms with van der Waals surface area (Å²) in [5.74, 6) is 1.26. The molecule has 1 aliphatic rings. The van der Waals surface area contributed by atoms with Crippen molar-refractivity contribution in [2.24, 2.45) is 0 Å². The summed E-state index contributed by atoms with van der Waals surface area (Å²) < 4.78 is 5.95. The summed E-state index contributed by atoms with van der Waals surface area (Å²) in [7, 11) is 0. The summed E-state index contributed by atoms with van der Waals surface area (Å²) in [6.45, 7) is 2.08. The first-order valence-corrected chi connectivity index (χ1v) is 6.24. The fraction of sp³-hybridized carbons (Fsp3) is 0.188. The van der Waals surface area contributed by atoms with Crippen molar-refractivity contribution in [2.45, 2.75) is 18.9 Å². The van der Waals surface area contributed by atoms with Crippen LogP contribution in [0, 0.1) is 0 Å². The second-order valence-electron chi connectivity index (χ2n) is 4.83. The Morgan fingerprint density at radius 3 is 2.58 bits per heavy atom. The molecule has 0 amide bonds. The molecule has 1 N–H and O–H groups in total. The molecule has 0 aliphatic carbocycles. The van der Waals surface area contributed by atoms with Crippen LogP contribution in [0.15, 0.2) is 42.5 Å². The van der Waals surface area contributed by atoms with Crippen molar-refractivity contribution in [3.8, 4) is 11.5 Å². The lowest BCUT2D eigenvalue weighted by Crippen LogP contribution is -2.06. The first-order valence-electron chi connectivity index (χ1n) is 6.24. The molecule has 0 saturated heterocycles. The van der Waals surface area contributed by atoms with E-state index in [1.807, 2.05) is 24.3 Å². The molecule has 3 nitrogen and oxygen atoms in total. The van der Waals surface area contributed by atoms with E-state index in [1.54, 1.807) is 18.2 Å². The molecule has 0 bridgehead atoms. The van der Waals surface area contributed by atoms with Gasteiger partial charge >= 0.3 is 0 Å². The number of aldehydes is 1. The van der Waals surface area contributed by atoms with E-state index in [-0.39, 0.29) is 17.8 Å². The lowest BCUT2D eigenvalue weighted by atomic mass is 9.92. The van der Waals surface area contributed by atoms with Crippen molar-refractivity contribution in [3.63, 3.8) is 0 Å². The van der Waals surface area contributed by atoms with Crippen molar-refractivity contribution in [3.05, 3.63) is 59.2 Å². The van der Waals surface area contributed by atoms with Crippen molar-refractivity contribution in [1.29, 1.82) is 0 Å². The molecule has 0 spiro atoms. The summed E-state index contributed by atoms with van der Waals surface area (Å²) in [5, 5.41) is 9.33. The van der Waals surface area contributed by atoms with Gasteiger partial charge in [0.15, 0.2) is 0 Å². The summed E-state index contributed by atoms with van der Waals surface area (Å²) in [6.07, 6.45) is 0.776. The first kappa shape index (κ1) is 11.8. The van der Waals surface area contributed by atoms with Crippen LogP contribution in [0.5, 0.6) is 11.5 Å². The molecule has 2 aromatic rings. The molecule has 0 aromatic heterocycles. The molecule has 0 radical (unpaired) electrons. The van der Waals surface area contributed by atoms with Crippen molar-refractivity contribution in [2.75, 3.05) is 0 Å². The highest BCUT2D eigenvalue weighted by atomic mass is 16.5. The third-order valence-electron chi connectivity index (χ3n) is 3.59. The fourth-order valence-corrected chi connectivity index (χ4v) is 2.53. The standard InChI is InChI=1S/C16H14O3/c1-10-14-8-11(9-17)2-7-15(14)19-16(10)12-3-5-13(18)6-4-12/h2-10,16,18H,1H3/t10-,16-/m0/s1. The van der Waals surface area contributed by atoms with E-state index in [2.05, 4.69) is 6.92 Å². The van der Waals surface area contributed by atoms with Crippen molar-refractivity contribution >= 4 is 6.29 Å². The second-order valence-corrected chi connectivity index (χ2v) is 4.83. The van der Waals surface area contributed by atoms with Crippen LogP contribution >= 0.6 is 0 Å². The maximum atomic E-state index is 10.8. The lowest BCUT2D eigenvalue weighted by molar-refractivity contribution is 0.112. The molecule has 19 heavy (non-hydrogen) atoms. The first-order chi connectivity index (χ1) is 9.19. The highest BCUT2D eigenvalue weighted by molar-refractivity contribution is 5.76. The number of fused-ring (bicyclic) bond motifs is 1. The number of phenols is 1. The Hall–Kier alpha value is -2.29. The minimum atomic E-state index is -0.0718. The summed E-state index contributed by atoms with van der Waals surface area (Å²) in [5.41, 5.74) is 2.75. The summed E-state index contributed by atoms with van der Waals surface area (Å²) in [4.78, 5) is 10.8. The number of phenolic OH excluding ortho intramolecular Hbond substituents is 1. The molecular formula is C16H14O3. The topological polar surface area (TPSA) is 46.5 Å². The number of carbonyl (C=O) groups excluding carboxylic acids is 1. The lowest BCUT2D eigenvalue weighted by Gasteiger charge is -2.15. The van der Waals surface area contributed by atoms with Crippen LogP contribution in [-0.2, 0) is 0 Å². The smallest absolute Gasteiger partial charge is 0.150 e. The Kier molecular flexibility index (Phi) is 2.75. The maximum absolute atomic E-state index is 10.8. The maximum Gasteiger partial charge on any atom is 0.150 e. The van der Waals surface area contributed by atoms with Crippen LogP contribution in [0.25, 0.3) is 0 Å². The zero-order valence-electron chi connectivity index (χ0n) is 10.5. The molecule has 0 unspecified atom stereocenters. The highest BCUT2D eigenvalue weighted by Gasteiger charge is 2.32. The Balaban J connectivity index is 1.96. The van der Waals surface area contributed by atoms with Gasteiger partial charge in [-0.15, -0.1) is 0 Å². The zero-order valence-corrected chi connectivity index (χ0v) is 10.5. The molecular weight excluding hydrogens is 240 g/mol. The van der Waals surface area contributed by atoms with Gasteiger partial charge < -0.3 is 9.84 Å². The average Bonchev–Trinajstić information content (AvgIpc) is 2.76. The number of carbonyl (C=O) groups is 1. The molecule has 2 atom stereocenters. The molecule has 3 rings (SSSR count). The minimum Gasteiger partial charge on any atom is -0.508 e. The van der Waals surface area contributed by atoms with Crippen LogP contribution in [0.4, 0.5) is 0 Å². The molecule has 3 heteroatoms. The van der Waals surface area contributed by atoms with Gasteiger partial charge in [0.05, 0.1) is 0 Å². The van der Waals surface area contributed by atoms with E-state index in [4.69, 9.17) is 4.74 Å². The van der Waals surface area contributed by atoms with Gasteiger partial charge in [0, 0.05) is 17.0 Å². The van der Waals surface area contributed by atoms with Crippen LogP contribution in [-0.4, -0.2) is 11.4 Å². The van der Waals surface area contributed by atoms with E-state index in [1.165, 1.54) is 0 Å². The number of aromatic hydroxyl groups is 1. The zero-order chi connectivity index (χ0) is 13.4. The fourth-order valence-electron chi connectivity index (χ4n) is 2.53. The Morgan fingerprint density at radius 1 is 1.16 bits per heavy atom. The monoisotopic (exact) mass is 254 g/mol. The van der Waals surface area contributed by atoms with E-state index in [0.717, 1.165) is 23.2 Å². The normalized spacial score (nSPS) is 20.7. The van der Waals surface area contributed by atoms with E-state index in [9.17, 15) is 9.90 Å². The highest BCUT2D eigenvalue weighted by Crippen LogP contribution is 2.45. The molecule has 96 valence electrons. The van der Waals surface area contributed by atoms with Gasteiger partial charge in [-0.3, -0.25) is 4.79 Å². The SMILES string of the molecule is C[C@H]1c2cc(C=O)ccc2O[C@@H]1c1ccc(O)cc1. The number of rotatable bonds is 2. The second kappa shape index (κ2) is 4.43. The van der Waals surface area contributed by atoms with Crippen molar-refractivity contribution < 1.29 is 14.6 Å². The third kappa shape index (κ3) is 1.97. The largest absolute Gasteiger partial charge is 0.508 e. The van der Waals surface area contributed by atoms with E-state index >= 15 is 0 Å². The molecule has 1 aliphatic heterocycles. The number of hydrogen-bond donors (Lipinski definition) is 1. The quantitative estimate of drug-likeness (QED) is 0.835. The molecule has 0 fully saturated rings. The van der Waals surface area contributed by atoms with E-state index < -0.39 is 0 Å². The Morgan fingerprint density at radius 2 is 1.89 bits per heavy atom. The van der Waals surface area contributed by atoms with Crippen molar-refractivity contribution in [1.82, 2.24) is 0 Å². The Bertz CT molecular complexity index is 616. The third-order valence-corrected chi connectivity index (χ3v) is 3.59. The number of hydrogen-bond acceptors (Lipinski definition) is 3. The Labute approximate surface area is 111 Å². The van der Waals surface area contributed by atoms with Gasteiger partial charge in [0.25, 0.3) is 0 Å². The van der Waals surface area contributed by atoms with Gasteiger partial charge in [0.2, 0.25) is 0 Å². The van der Waals surface area contributed by atoms with Gasteiger partial charge in [0.1, 0.15) is 23.9 Å². The summed E-state index contributed by atoms with van der Waals surface area (Å²) >= 11 is 0.